The number of carbonyl (C=O) groups excluding carboxylic acids is 1. The van der Waals surface area contributed by atoms with E-state index in [1.54, 1.807) is 14.2 Å². The minimum atomic E-state index is -0.181. The van der Waals surface area contributed by atoms with Gasteiger partial charge in [-0.15, -0.1) is 0 Å². The van der Waals surface area contributed by atoms with Crippen LogP contribution in [0.15, 0.2) is 18.2 Å². The van der Waals surface area contributed by atoms with Crippen LogP contribution in [0.3, 0.4) is 0 Å². The predicted octanol–water partition coefficient (Wildman–Crippen LogP) is 2.08. The quantitative estimate of drug-likeness (QED) is 0.843. The smallest absolute Gasteiger partial charge is 0.315 e. The van der Waals surface area contributed by atoms with Crippen molar-refractivity contribution in [1.82, 2.24) is 10.6 Å². The second-order valence-corrected chi connectivity index (χ2v) is 3.84. The fourth-order valence-electron chi connectivity index (χ4n) is 1.61. The molecule has 0 aliphatic heterocycles. The Morgan fingerprint density at radius 2 is 1.94 bits per heavy atom. The topological polar surface area (TPSA) is 59.6 Å². The number of rotatable bonds is 5. The van der Waals surface area contributed by atoms with Gasteiger partial charge in [-0.2, -0.15) is 0 Å². The molecule has 1 atom stereocenters. The van der Waals surface area contributed by atoms with E-state index in [0.29, 0.717) is 18.0 Å². The zero-order valence-electron chi connectivity index (χ0n) is 11.2. The molecule has 2 amide bonds. The van der Waals surface area contributed by atoms with Crippen molar-refractivity contribution in [3.8, 4) is 11.5 Å². The first kappa shape index (κ1) is 14.2. The van der Waals surface area contributed by atoms with E-state index in [-0.39, 0.29) is 12.1 Å². The molecule has 0 aliphatic rings. The van der Waals surface area contributed by atoms with Crippen molar-refractivity contribution in [1.29, 1.82) is 0 Å². The van der Waals surface area contributed by atoms with E-state index < -0.39 is 0 Å². The average molecular weight is 252 g/mol. The van der Waals surface area contributed by atoms with Crippen molar-refractivity contribution in [2.75, 3.05) is 20.8 Å². The van der Waals surface area contributed by atoms with E-state index in [1.165, 1.54) is 0 Å². The monoisotopic (exact) mass is 252 g/mol. The van der Waals surface area contributed by atoms with Crippen molar-refractivity contribution >= 4 is 6.03 Å². The highest BCUT2D eigenvalue weighted by molar-refractivity contribution is 5.74. The maximum Gasteiger partial charge on any atom is 0.315 e. The number of carbonyl (C=O) groups is 1. The van der Waals surface area contributed by atoms with Gasteiger partial charge in [0.15, 0.2) is 11.5 Å². The Morgan fingerprint density at radius 1 is 1.28 bits per heavy atom. The standard InChI is InChI=1S/C13H20N2O3/c1-5-14-13(16)15-9(2)10-6-7-11(17-3)12(8-10)18-4/h6-9H,5H2,1-4H3,(H2,14,15,16). The van der Waals surface area contributed by atoms with E-state index in [0.717, 1.165) is 5.56 Å². The van der Waals surface area contributed by atoms with Crippen molar-refractivity contribution in [3.63, 3.8) is 0 Å². The summed E-state index contributed by atoms with van der Waals surface area (Å²) >= 11 is 0. The molecule has 0 heterocycles. The van der Waals surface area contributed by atoms with Gasteiger partial charge in [0, 0.05) is 6.54 Å². The largest absolute Gasteiger partial charge is 0.493 e. The summed E-state index contributed by atoms with van der Waals surface area (Å²) in [7, 11) is 3.18. The Bertz CT molecular complexity index is 407. The molecule has 0 radical (unpaired) electrons. The molecule has 100 valence electrons. The number of methoxy groups -OCH3 is 2. The molecule has 1 aromatic carbocycles. The molecule has 0 saturated carbocycles. The van der Waals surface area contributed by atoms with Gasteiger partial charge >= 0.3 is 6.03 Å². The molecule has 1 aromatic rings. The lowest BCUT2D eigenvalue weighted by atomic mass is 10.1. The van der Waals surface area contributed by atoms with Crippen molar-refractivity contribution in [3.05, 3.63) is 23.8 Å². The van der Waals surface area contributed by atoms with Gasteiger partial charge in [-0.25, -0.2) is 4.79 Å². The average Bonchev–Trinajstić information content (AvgIpc) is 2.38. The molecule has 1 rings (SSSR count). The highest BCUT2D eigenvalue weighted by atomic mass is 16.5. The Hall–Kier alpha value is -1.91. The van der Waals surface area contributed by atoms with Gasteiger partial charge in [0.25, 0.3) is 0 Å². The van der Waals surface area contributed by atoms with E-state index in [2.05, 4.69) is 10.6 Å². The van der Waals surface area contributed by atoms with Gasteiger partial charge in [0.2, 0.25) is 0 Å². The fourth-order valence-corrected chi connectivity index (χ4v) is 1.61. The number of nitrogens with one attached hydrogen (secondary N) is 2. The van der Waals surface area contributed by atoms with Gasteiger partial charge in [0.1, 0.15) is 0 Å². The van der Waals surface area contributed by atoms with Crippen LogP contribution < -0.4 is 20.1 Å². The summed E-state index contributed by atoms with van der Waals surface area (Å²) in [6.45, 7) is 4.39. The molecular formula is C13H20N2O3. The van der Waals surface area contributed by atoms with E-state index in [1.807, 2.05) is 32.0 Å². The third-order valence-electron chi connectivity index (χ3n) is 2.59. The Morgan fingerprint density at radius 3 is 2.50 bits per heavy atom. The number of amides is 2. The summed E-state index contributed by atoms with van der Waals surface area (Å²) in [4.78, 5) is 11.4. The molecule has 0 bridgehead atoms. The molecule has 0 saturated heterocycles. The summed E-state index contributed by atoms with van der Waals surface area (Å²) in [5.41, 5.74) is 0.957. The first-order valence-corrected chi connectivity index (χ1v) is 5.88. The number of hydrogen-bond donors (Lipinski definition) is 2. The first-order valence-electron chi connectivity index (χ1n) is 5.88. The first-order chi connectivity index (χ1) is 8.62. The van der Waals surface area contributed by atoms with Crippen molar-refractivity contribution in [2.45, 2.75) is 19.9 Å². The van der Waals surface area contributed by atoms with Gasteiger partial charge in [0.05, 0.1) is 20.3 Å². The van der Waals surface area contributed by atoms with Crippen LogP contribution in [0.25, 0.3) is 0 Å². The molecule has 18 heavy (non-hydrogen) atoms. The summed E-state index contributed by atoms with van der Waals surface area (Å²) in [6.07, 6.45) is 0. The SMILES string of the molecule is CCNC(=O)NC(C)c1ccc(OC)c(OC)c1. The minimum Gasteiger partial charge on any atom is -0.493 e. The molecule has 0 spiro atoms. The highest BCUT2D eigenvalue weighted by Gasteiger charge is 2.11. The van der Waals surface area contributed by atoms with Crippen LogP contribution in [-0.2, 0) is 0 Å². The van der Waals surface area contributed by atoms with E-state index in [9.17, 15) is 4.79 Å². The summed E-state index contributed by atoms with van der Waals surface area (Å²) < 4.78 is 10.4. The molecule has 0 fully saturated rings. The second-order valence-electron chi connectivity index (χ2n) is 3.84. The molecule has 1 unspecified atom stereocenters. The van der Waals surface area contributed by atoms with Gasteiger partial charge < -0.3 is 20.1 Å². The van der Waals surface area contributed by atoms with E-state index >= 15 is 0 Å². The molecular weight excluding hydrogens is 232 g/mol. The lowest BCUT2D eigenvalue weighted by Gasteiger charge is -2.16. The molecule has 0 aromatic heterocycles. The maximum atomic E-state index is 11.4. The Kier molecular flexibility index (Phi) is 5.30. The van der Waals surface area contributed by atoms with Crippen LogP contribution in [-0.4, -0.2) is 26.8 Å². The minimum absolute atomic E-state index is 0.101. The molecule has 5 nitrogen and oxygen atoms in total. The van der Waals surface area contributed by atoms with Crippen LogP contribution in [0.5, 0.6) is 11.5 Å². The summed E-state index contributed by atoms with van der Waals surface area (Å²) in [5.74, 6) is 1.33. The summed E-state index contributed by atoms with van der Waals surface area (Å²) in [5, 5.41) is 5.53. The van der Waals surface area contributed by atoms with Gasteiger partial charge in [-0.1, -0.05) is 6.07 Å². The zero-order chi connectivity index (χ0) is 13.5. The van der Waals surface area contributed by atoms with Crippen LogP contribution in [0, 0.1) is 0 Å². The third-order valence-corrected chi connectivity index (χ3v) is 2.59. The van der Waals surface area contributed by atoms with Crippen LogP contribution in [0.2, 0.25) is 0 Å². The molecule has 0 aliphatic carbocycles. The van der Waals surface area contributed by atoms with Crippen LogP contribution >= 0.6 is 0 Å². The Balaban J connectivity index is 2.79. The van der Waals surface area contributed by atoms with Crippen LogP contribution in [0.4, 0.5) is 4.79 Å². The zero-order valence-corrected chi connectivity index (χ0v) is 11.2. The fraction of sp³-hybridized carbons (Fsp3) is 0.462. The lowest BCUT2D eigenvalue weighted by Crippen LogP contribution is -2.36. The second kappa shape index (κ2) is 6.74. The molecule has 2 N–H and O–H groups in total. The number of urea groups is 1. The van der Waals surface area contributed by atoms with Gasteiger partial charge in [-0.3, -0.25) is 0 Å². The third kappa shape index (κ3) is 3.55. The molecule has 5 heteroatoms. The number of ether oxygens (including phenoxy) is 2. The maximum absolute atomic E-state index is 11.4. The predicted molar refractivity (Wildman–Crippen MR) is 70.2 cm³/mol. The highest BCUT2D eigenvalue weighted by Crippen LogP contribution is 2.29. The summed E-state index contributed by atoms with van der Waals surface area (Å²) in [6, 6.07) is 5.30. The van der Waals surface area contributed by atoms with Gasteiger partial charge in [-0.05, 0) is 31.5 Å². The number of hydrogen-bond acceptors (Lipinski definition) is 3. The van der Waals surface area contributed by atoms with Crippen molar-refractivity contribution in [2.24, 2.45) is 0 Å². The Labute approximate surface area is 107 Å². The van der Waals surface area contributed by atoms with Crippen LogP contribution in [0.1, 0.15) is 25.5 Å². The normalized spacial score (nSPS) is 11.6. The lowest BCUT2D eigenvalue weighted by molar-refractivity contribution is 0.238. The van der Waals surface area contributed by atoms with E-state index in [4.69, 9.17) is 9.47 Å². The van der Waals surface area contributed by atoms with Crippen molar-refractivity contribution < 1.29 is 14.3 Å². The number of benzene rings is 1.